The predicted molar refractivity (Wildman–Crippen MR) is 126 cm³/mol. The second kappa shape index (κ2) is 8.88. The van der Waals surface area contributed by atoms with E-state index in [1.165, 1.54) is 0 Å². The number of thioether (sulfide) groups is 1. The Morgan fingerprint density at radius 2 is 1.97 bits per heavy atom. The number of nitrogens with zero attached hydrogens (tertiary/aromatic N) is 1. The number of fused-ring (bicyclic) bond motifs is 1. The number of unbranched alkanes of at least 4 members (excludes halogenated alkanes) is 2. The van der Waals surface area contributed by atoms with Crippen LogP contribution in [0.3, 0.4) is 0 Å². The molecule has 3 heterocycles. The van der Waals surface area contributed by atoms with Crippen molar-refractivity contribution >= 4 is 46.8 Å². The van der Waals surface area contributed by atoms with Gasteiger partial charge in [-0.15, -0.1) is 11.8 Å². The highest BCUT2D eigenvalue weighted by atomic mass is 35.5. The minimum Gasteiger partial charge on any atom is -0.396 e. The Hall–Kier alpha value is -1.77. The van der Waals surface area contributed by atoms with Gasteiger partial charge in [0.25, 0.3) is 0 Å². The largest absolute Gasteiger partial charge is 0.396 e. The number of likely N-dealkylation sites (tertiary alicyclic amines) is 1. The quantitative estimate of drug-likeness (QED) is 0.498. The molecule has 9 heteroatoms. The molecule has 5 atom stereocenters. The first-order chi connectivity index (χ1) is 15.3. The summed E-state index contributed by atoms with van der Waals surface area (Å²) in [6, 6.07) is 6.37. The lowest BCUT2D eigenvalue weighted by Gasteiger charge is -2.34. The maximum absolute atomic E-state index is 13.7. The van der Waals surface area contributed by atoms with Gasteiger partial charge >= 0.3 is 0 Å². The number of anilines is 1. The lowest BCUT2D eigenvalue weighted by atomic mass is 9.66. The maximum Gasteiger partial charge on any atom is 0.248 e. The van der Waals surface area contributed by atoms with Gasteiger partial charge in [0.05, 0.1) is 27.3 Å². The molecule has 3 fully saturated rings. The topological polar surface area (TPSA) is 98.7 Å². The second-order valence-corrected chi connectivity index (χ2v) is 11.4. The smallest absolute Gasteiger partial charge is 0.248 e. The van der Waals surface area contributed by atoms with Gasteiger partial charge in [0.1, 0.15) is 6.04 Å². The van der Waals surface area contributed by atoms with Gasteiger partial charge in [-0.3, -0.25) is 14.4 Å². The number of hydrogen-bond acceptors (Lipinski definition) is 5. The zero-order valence-electron chi connectivity index (χ0n) is 18.4. The third-order valence-corrected chi connectivity index (χ3v) is 9.56. The predicted octanol–water partition coefficient (Wildman–Crippen LogP) is 2.67. The summed E-state index contributed by atoms with van der Waals surface area (Å²) in [6.07, 6.45) is 3.61. The van der Waals surface area contributed by atoms with Crippen LogP contribution in [0.4, 0.5) is 5.69 Å². The lowest BCUT2D eigenvalue weighted by Crippen LogP contribution is -2.52. The van der Waals surface area contributed by atoms with Crippen LogP contribution in [0.2, 0.25) is 5.02 Å². The second-order valence-electron chi connectivity index (χ2n) is 9.13. The van der Waals surface area contributed by atoms with Crippen molar-refractivity contribution < 1.29 is 19.5 Å². The van der Waals surface area contributed by atoms with E-state index in [0.717, 1.165) is 12.8 Å². The van der Waals surface area contributed by atoms with E-state index in [9.17, 15) is 14.4 Å². The van der Waals surface area contributed by atoms with Crippen LogP contribution >= 0.6 is 23.4 Å². The number of aliphatic hydroxyl groups excluding tert-OH is 1. The average molecular weight is 480 g/mol. The number of carbonyl (C=O) groups excluding carboxylic acids is 3. The van der Waals surface area contributed by atoms with Crippen molar-refractivity contribution in [1.29, 1.82) is 0 Å². The highest BCUT2D eigenvalue weighted by Crippen LogP contribution is 2.71. The van der Waals surface area contributed by atoms with Crippen LogP contribution in [0, 0.1) is 11.8 Å². The number of rotatable bonds is 8. The summed E-state index contributed by atoms with van der Waals surface area (Å²) in [4.78, 5) is 41.9. The fourth-order valence-electron chi connectivity index (χ4n) is 5.86. The summed E-state index contributed by atoms with van der Waals surface area (Å²) >= 11 is 7.92. The number of para-hydroxylation sites is 1. The zero-order chi connectivity index (χ0) is 23.1. The summed E-state index contributed by atoms with van der Waals surface area (Å²) in [5.74, 6) is -1.49. The van der Waals surface area contributed by atoms with Crippen LogP contribution in [-0.4, -0.2) is 63.5 Å². The summed E-state index contributed by atoms with van der Waals surface area (Å²) in [6.45, 7) is 2.58. The molecule has 32 heavy (non-hydrogen) atoms. The normalized spacial score (nSPS) is 32.8. The van der Waals surface area contributed by atoms with E-state index in [-0.39, 0.29) is 29.1 Å². The van der Waals surface area contributed by atoms with E-state index >= 15 is 0 Å². The SMILES string of the molecule is CNC(=O)[C@@H]1[C@H]2C(=O)N(CCCCCO)C(C(=O)Nc3ccccc3Cl)C23CC[C@@]1(C)S3. The van der Waals surface area contributed by atoms with E-state index in [1.54, 1.807) is 48.0 Å². The van der Waals surface area contributed by atoms with E-state index in [4.69, 9.17) is 16.7 Å². The Morgan fingerprint density at radius 1 is 1.22 bits per heavy atom. The van der Waals surface area contributed by atoms with E-state index < -0.39 is 22.6 Å². The molecule has 2 bridgehead atoms. The summed E-state index contributed by atoms with van der Waals surface area (Å²) in [5, 5.41) is 15.2. The van der Waals surface area contributed by atoms with Crippen LogP contribution in [0.25, 0.3) is 0 Å². The van der Waals surface area contributed by atoms with Gasteiger partial charge in [-0.05, 0) is 51.2 Å². The van der Waals surface area contributed by atoms with Gasteiger partial charge in [-0.2, -0.15) is 0 Å². The number of benzene rings is 1. The summed E-state index contributed by atoms with van der Waals surface area (Å²) in [5.41, 5.74) is 0.512. The van der Waals surface area contributed by atoms with Gasteiger partial charge in [-0.1, -0.05) is 23.7 Å². The summed E-state index contributed by atoms with van der Waals surface area (Å²) in [7, 11) is 1.60. The number of amides is 3. The molecule has 2 unspecified atom stereocenters. The maximum atomic E-state index is 13.7. The first-order valence-electron chi connectivity index (χ1n) is 11.2. The minimum atomic E-state index is -0.674. The monoisotopic (exact) mass is 479 g/mol. The summed E-state index contributed by atoms with van der Waals surface area (Å²) < 4.78 is -1.00. The van der Waals surface area contributed by atoms with Crippen LogP contribution in [0.15, 0.2) is 24.3 Å². The van der Waals surface area contributed by atoms with E-state index in [2.05, 4.69) is 10.6 Å². The molecule has 1 aromatic carbocycles. The van der Waals surface area contributed by atoms with Crippen LogP contribution < -0.4 is 10.6 Å². The number of carbonyl (C=O) groups is 3. The molecule has 0 aromatic heterocycles. The Labute approximate surface area is 197 Å². The highest BCUT2D eigenvalue weighted by Gasteiger charge is 2.76. The lowest BCUT2D eigenvalue weighted by molar-refractivity contribution is -0.140. The van der Waals surface area contributed by atoms with Crippen LogP contribution in [0.5, 0.6) is 0 Å². The third kappa shape index (κ3) is 3.60. The molecule has 0 radical (unpaired) electrons. The van der Waals surface area contributed by atoms with Crippen molar-refractivity contribution in [1.82, 2.24) is 10.2 Å². The molecular weight excluding hydrogens is 450 g/mol. The van der Waals surface area contributed by atoms with Crippen molar-refractivity contribution in [2.75, 3.05) is 25.5 Å². The average Bonchev–Trinajstić information content (AvgIpc) is 3.33. The van der Waals surface area contributed by atoms with Gasteiger partial charge in [0.2, 0.25) is 17.7 Å². The zero-order valence-corrected chi connectivity index (χ0v) is 20.0. The van der Waals surface area contributed by atoms with Crippen molar-refractivity contribution in [3.05, 3.63) is 29.3 Å². The number of hydrogen-bond donors (Lipinski definition) is 3. The third-order valence-electron chi connectivity index (χ3n) is 7.24. The van der Waals surface area contributed by atoms with Crippen molar-refractivity contribution in [2.45, 2.75) is 54.6 Å². The number of halogens is 1. The molecule has 3 aliphatic rings. The molecular formula is C23H30ClN3O4S. The van der Waals surface area contributed by atoms with Crippen molar-refractivity contribution in [3.63, 3.8) is 0 Å². The Morgan fingerprint density at radius 3 is 2.66 bits per heavy atom. The Balaban J connectivity index is 1.69. The van der Waals surface area contributed by atoms with Gasteiger partial charge in [0.15, 0.2) is 0 Å². The first-order valence-corrected chi connectivity index (χ1v) is 12.4. The Bertz CT molecular complexity index is 930. The number of aliphatic hydroxyl groups is 1. The van der Waals surface area contributed by atoms with Gasteiger partial charge < -0.3 is 20.6 Å². The van der Waals surface area contributed by atoms with Crippen LogP contribution in [-0.2, 0) is 14.4 Å². The molecule has 174 valence electrons. The molecule has 3 aliphatic heterocycles. The van der Waals surface area contributed by atoms with Gasteiger partial charge in [-0.25, -0.2) is 0 Å². The molecule has 3 saturated heterocycles. The van der Waals surface area contributed by atoms with Crippen molar-refractivity contribution in [2.24, 2.45) is 11.8 Å². The number of nitrogens with one attached hydrogen (secondary N) is 2. The molecule has 0 saturated carbocycles. The van der Waals surface area contributed by atoms with E-state index in [0.29, 0.717) is 36.5 Å². The molecule has 0 aliphatic carbocycles. The molecule has 1 aromatic rings. The molecule has 4 rings (SSSR count). The first kappa shape index (κ1) is 23.4. The minimum absolute atomic E-state index is 0.101. The van der Waals surface area contributed by atoms with Crippen LogP contribution in [0.1, 0.15) is 39.0 Å². The highest BCUT2D eigenvalue weighted by molar-refractivity contribution is 8.02. The van der Waals surface area contributed by atoms with Crippen molar-refractivity contribution in [3.8, 4) is 0 Å². The molecule has 3 N–H and O–H groups in total. The molecule has 1 spiro atoms. The molecule has 3 amide bonds. The van der Waals surface area contributed by atoms with Gasteiger partial charge in [0, 0.05) is 24.9 Å². The standard InChI is InChI=1S/C23H30ClN3O4S/c1-22-10-11-23(32-22)17(16(22)19(29)25-2)21(31)27(12-6-3-7-13-28)18(23)20(30)26-15-9-5-4-8-14(15)24/h4-5,8-9,16-18,28H,3,6-7,10-13H2,1-2H3,(H,25,29)(H,26,30)/t16-,17-,18?,22+,23?/m0/s1. The van der Waals surface area contributed by atoms with E-state index in [1.807, 2.05) is 6.92 Å². The fraction of sp³-hybridized carbons (Fsp3) is 0.609. The Kier molecular flexibility index (Phi) is 6.49. The fourth-order valence-corrected chi connectivity index (χ4v) is 8.40. The molecule has 7 nitrogen and oxygen atoms in total.